The molecule has 5 heteroatoms. The Morgan fingerprint density at radius 2 is 2.20 bits per heavy atom. The smallest absolute Gasteiger partial charge is 0.404 e. The van der Waals surface area contributed by atoms with E-state index in [0.717, 1.165) is 0 Å². The van der Waals surface area contributed by atoms with Crippen LogP contribution in [0, 0.1) is 0 Å². The molecule has 0 saturated carbocycles. The Morgan fingerprint density at radius 1 is 1.70 bits per heavy atom. The Bertz CT molecular complexity index is 118. The molecule has 0 spiro atoms. The number of amides is 1. The van der Waals surface area contributed by atoms with Gasteiger partial charge < -0.3 is 10.5 Å². The summed E-state index contributed by atoms with van der Waals surface area (Å²) >= 11 is 10.8. The van der Waals surface area contributed by atoms with Crippen LogP contribution in [0.5, 0.6) is 0 Å². The van der Waals surface area contributed by atoms with E-state index >= 15 is 0 Å². The van der Waals surface area contributed by atoms with E-state index in [9.17, 15) is 4.79 Å². The van der Waals surface area contributed by atoms with Crippen LogP contribution in [0.4, 0.5) is 4.79 Å². The zero-order valence-corrected chi connectivity index (χ0v) is 7.02. The minimum atomic E-state index is -0.849. The van der Waals surface area contributed by atoms with Crippen LogP contribution < -0.4 is 5.73 Å². The molecule has 0 aliphatic carbocycles. The summed E-state index contributed by atoms with van der Waals surface area (Å²) in [6.07, 6.45) is -0.792. The fraction of sp³-hybridized carbons (Fsp3) is 0.800. The van der Waals surface area contributed by atoms with Crippen LogP contribution in [0.2, 0.25) is 0 Å². The average molecular weight is 186 g/mol. The van der Waals surface area contributed by atoms with E-state index in [-0.39, 0.29) is 0 Å². The van der Waals surface area contributed by atoms with Gasteiger partial charge in [-0.15, -0.1) is 23.2 Å². The number of hydrogen-bond acceptors (Lipinski definition) is 2. The molecule has 0 aromatic heterocycles. The number of primary amides is 1. The molecule has 0 bridgehead atoms. The average Bonchev–Trinajstić information content (AvgIpc) is 1.81. The van der Waals surface area contributed by atoms with Gasteiger partial charge in [-0.1, -0.05) is 6.92 Å². The molecule has 60 valence electrons. The molecule has 0 fully saturated rings. The maximum Gasteiger partial charge on any atom is 0.404 e. The lowest BCUT2D eigenvalue weighted by Gasteiger charge is -2.14. The lowest BCUT2D eigenvalue weighted by molar-refractivity contribution is 0.111. The molecule has 10 heavy (non-hydrogen) atoms. The normalized spacial score (nSPS) is 13.2. The maximum atomic E-state index is 10.2. The molecule has 0 aliphatic rings. The largest absolute Gasteiger partial charge is 0.444 e. The highest BCUT2D eigenvalue weighted by Crippen LogP contribution is 2.14. The SMILES string of the molecule is CCC(OC(N)=O)C(Cl)Cl. The monoisotopic (exact) mass is 185 g/mol. The third-order valence-corrected chi connectivity index (χ3v) is 1.51. The summed E-state index contributed by atoms with van der Waals surface area (Å²) in [6, 6.07) is 0. The second kappa shape index (κ2) is 4.63. The molecule has 0 radical (unpaired) electrons. The van der Waals surface area contributed by atoms with Gasteiger partial charge in [0.1, 0.15) is 10.9 Å². The third kappa shape index (κ3) is 3.80. The molecular weight excluding hydrogens is 177 g/mol. The highest BCUT2D eigenvalue weighted by molar-refractivity contribution is 6.44. The van der Waals surface area contributed by atoms with Gasteiger partial charge in [-0.3, -0.25) is 0 Å². The number of ether oxygens (including phenoxy) is 1. The molecule has 0 rings (SSSR count). The Labute approximate surface area is 69.4 Å². The van der Waals surface area contributed by atoms with E-state index in [0.29, 0.717) is 6.42 Å². The van der Waals surface area contributed by atoms with Crippen molar-refractivity contribution in [1.82, 2.24) is 0 Å². The zero-order chi connectivity index (χ0) is 8.15. The molecule has 1 atom stereocenters. The summed E-state index contributed by atoms with van der Waals surface area (Å²) in [4.78, 5) is 9.45. The van der Waals surface area contributed by atoms with Crippen LogP contribution in [0.15, 0.2) is 0 Å². The van der Waals surface area contributed by atoms with Gasteiger partial charge in [-0.25, -0.2) is 4.79 Å². The Kier molecular flexibility index (Phi) is 4.56. The molecule has 0 heterocycles. The van der Waals surface area contributed by atoms with Crippen LogP contribution in [0.1, 0.15) is 13.3 Å². The van der Waals surface area contributed by atoms with Gasteiger partial charge in [0, 0.05) is 0 Å². The fourth-order valence-electron chi connectivity index (χ4n) is 0.462. The first-order valence-corrected chi connectivity index (χ1v) is 3.69. The second-order valence-electron chi connectivity index (χ2n) is 1.72. The van der Waals surface area contributed by atoms with Crippen LogP contribution in [0.3, 0.4) is 0 Å². The van der Waals surface area contributed by atoms with Gasteiger partial charge in [0.25, 0.3) is 0 Å². The van der Waals surface area contributed by atoms with E-state index in [1.807, 2.05) is 0 Å². The van der Waals surface area contributed by atoms with E-state index in [4.69, 9.17) is 28.9 Å². The fourth-order valence-corrected chi connectivity index (χ4v) is 0.921. The van der Waals surface area contributed by atoms with Crippen LogP contribution >= 0.6 is 23.2 Å². The molecule has 0 aromatic carbocycles. The van der Waals surface area contributed by atoms with E-state index in [2.05, 4.69) is 4.74 Å². The lowest BCUT2D eigenvalue weighted by atomic mass is 10.3. The van der Waals surface area contributed by atoms with Crippen molar-refractivity contribution in [3.63, 3.8) is 0 Å². The van der Waals surface area contributed by atoms with Crippen LogP contribution in [-0.2, 0) is 4.74 Å². The summed E-state index contributed by atoms with van der Waals surface area (Å²) in [7, 11) is 0. The van der Waals surface area contributed by atoms with Crippen molar-refractivity contribution in [1.29, 1.82) is 0 Å². The van der Waals surface area contributed by atoms with Crippen molar-refractivity contribution in [2.75, 3.05) is 0 Å². The molecule has 1 amide bonds. The zero-order valence-electron chi connectivity index (χ0n) is 5.51. The van der Waals surface area contributed by atoms with Crippen molar-refractivity contribution < 1.29 is 9.53 Å². The van der Waals surface area contributed by atoms with Gasteiger partial charge in [0.2, 0.25) is 0 Å². The van der Waals surface area contributed by atoms with Gasteiger partial charge in [0.05, 0.1) is 0 Å². The second-order valence-corrected chi connectivity index (χ2v) is 2.88. The predicted molar refractivity (Wildman–Crippen MR) is 40.2 cm³/mol. The highest BCUT2D eigenvalue weighted by Gasteiger charge is 2.17. The van der Waals surface area contributed by atoms with Crippen molar-refractivity contribution in [3.05, 3.63) is 0 Å². The van der Waals surface area contributed by atoms with E-state index in [1.54, 1.807) is 6.92 Å². The first-order chi connectivity index (χ1) is 4.57. The minimum absolute atomic E-state index is 0.499. The number of alkyl halides is 2. The topological polar surface area (TPSA) is 52.3 Å². The summed E-state index contributed by atoms with van der Waals surface area (Å²) in [5.41, 5.74) is 4.73. The van der Waals surface area contributed by atoms with E-state index in [1.165, 1.54) is 0 Å². The number of rotatable bonds is 3. The quantitative estimate of drug-likeness (QED) is 0.681. The van der Waals surface area contributed by atoms with Gasteiger partial charge in [0.15, 0.2) is 0 Å². The molecule has 3 nitrogen and oxygen atoms in total. The summed E-state index contributed by atoms with van der Waals surface area (Å²) < 4.78 is 4.54. The standard InChI is InChI=1S/C5H9Cl2NO2/c1-2-3(4(6)7)10-5(8)9/h3-4H,2H2,1H3,(H2,8,9). The van der Waals surface area contributed by atoms with Crippen LogP contribution in [-0.4, -0.2) is 17.0 Å². The van der Waals surface area contributed by atoms with Gasteiger partial charge in [-0.2, -0.15) is 0 Å². The maximum absolute atomic E-state index is 10.2. The van der Waals surface area contributed by atoms with Crippen molar-refractivity contribution >= 4 is 29.3 Å². The van der Waals surface area contributed by atoms with Crippen molar-refractivity contribution in [2.45, 2.75) is 24.3 Å². The van der Waals surface area contributed by atoms with Crippen molar-refractivity contribution in [3.8, 4) is 0 Å². The molecular formula is C5H9Cl2NO2. The Balaban J connectivity index is 3.71. The van der Waals surface area contributed by atoms with Crippen molar-refractivity contribution in [2.24, 2.45) is 5.73 Å². The van der Waals surface area contributed by atoms with Gasteiger partial charge in [-0.05, 0) is 6.42 Å². The first-order valence-electron chi connectivity index (χ1n) is 2.82. The molecule has 1 unspecified atom stereocenters. The predicted octanol–water partition coefficient (Wildman–Crippen LogP) is 1.66. The Morgan fingerprint density at radius 3 is 2.30 bits per heavy atom. The van der Waals surface area contributed by atoms with Gasteiger partial charge >= 0.3 is 6.09 Å². The molecule has 2 N–H and O–H groups in total. The number of carbonyl (C=O) groups excluding carboxylic acids is 1. The number of carbonyl (C=O) groups is 1. The Hall–Kier alpha value is -0.150. The minimum Gasteiger partial charge on any atom is -0.444 e. The molecule has 0 aromatic rings. The molecule has 0 aliphatic heterocycles. The number of nitrogens with two attached hydrogens (primary N) is 1. The highest BCUT2D eigenvalue weighted by atomic mass is 35.5. The van der Waals surface area contributed by atoms with E-state index < -0.39 is 17.0 Å². The lowest BCUT2D eigenvalue weighted by Crippen LogP contribution is -2.26. The van der Waals surface area contributed by atoms with Crippen LogP contribution in [0.25, 0.3) is 0 Å². The third-order valence-electron chi connectivity index (χ3n) is 0.951. The number of halogens is 2. The number of hydrogen-bond donors (Lipinski definition) is 1. The molecule has 0 saturated heterocycles. The summed E-state index contributed by atoms with van der Waals surface area (Å²) in [5, 5.41) is 0. The first kappa shape index (κ1) is 9.85. The summed E-state index contributed by atoms with van der Waals surface area (Å²) in [5.74, 6) is 0. The summed E-state index contributed by atoms with van der Waals surface area (Å²) in [6.45, 7) is 1.80.